The van der Waals surface area contributed by atoms with Gasteiger partial charge in [-0.3, -0.25) is 0 Å². The van der Waals surface area contributed by atoms with Crippen molar-refractivity contribution in [1.82, 2.24) is 16.0 Å². The predicted molar refractivity (Wildman–Crippen MR) is 144 cm³/mol. The van der Waals surface area contributed by atoms with Gasteiger partial charge in [0, 0.05) is 30.8 Å². The van der Waals surface area contributed by atoms with Crippen LogP contribution in [-0.4, -0.2) is 35.2 Å². The lowest BCUT2D eigenvalue weighted by Gasteiger charge is -2.26. The molecule has 2 aromatic carbocycles. The van der Waals surface area contributed by atoms with Gasteiger partial charge >= 0.3 is 0 Å². The van der Waals surface area contributed by atoms with Crippen LogP contribution >= 0.6 is 24.0 Å². The third-order valence-electron chi connectivity index (χ3n) is 6.68. The summed E-state index contributed by atoms with van der Waals surface area (Å²) in [6, 6.07) is 18.9. The van der Waals surface area contributed by atoms with Gasteiger partial charge in [0.05, 0.1) is 11.0 Å². The summed E-state index contributed by atoms with van der Waals surface area (Å²) in [7, 11) is 0. The van der Waals surface area contributed by atoms with Crippen molar-refractivity contribution in [3.8, 4) is 11.5 Å². The minimum atomic E-state index is 0.245. The molecule has 1 saturated carbocycles. The number of nitrogens with one attached hydrogen (secondary N) is 3. The van der Waals surface area contributed by atoms with Crippen LogP contribution in [0.3, 0.4) is 0 Å². The fraction of sp³-hybridized carbons (Fsp3) is 0.519. The van der Waals surface area contributed by atoms with Gasteiger partial charge < -0.3 is 20.7 Å². The zero-order chi connectivity index (χ0) is 22.7. The minimum Gasteiger partial charge on any atom is -0.457 e. The Morgan fingerprint density at radius 1 is 1.03 bits per heavy atom. The number of ether oxygens (including phenoxy) is 1. The molecule has 4 rings (SSSR count). The Morgan fingerprint density at radius 2 is 1.79 bits per heavy atom. The lowest BCUT2D eigenvalue weighted by atomic mass is 9.85. The monoisotopic (exact) mass is 483 g/mol. The second-order valence-electron chi connectivity index (χ2n) is 9.24. The SMILES string of the molecule is S=C(NCc1ccc(Oc2ccccc2)cc1)[C@@H](CCC1CCCCC1)NC[C@@H]1CSCN1. The van der Waals surface area contributed by atoms with E-state index in [2.05, 4.69) is 28.1 Å². The Bertz CT molecular complexity index is 834. The van der Waals surface area contributed by atoms with E-state index in [-0.39, 0.29) is 6.04 Å². The Morgan fingerprint density at radius 3 is 2.52 bits per heavy atom. The number of para-hydroxylation sites is 1. The van der Waals surface area contributed by atoms with Gasteiger partial charge in [-0.25, -0.2) is 0 Å². The zero-order valence-corrected chi connectivity index (χ0v) is 21.1. The van der Waals surface area contributed by atoms with Gasteiger partial charge in [-0.15, -0.1) is 11.8 Å². The molecule has 6 heteroatoms. The van der Waals surface area contributed by atoms with E-state index in [1.165, 1.54) is 49.8 Å². The molecule has 1 aliphatic carbocycles. The van der Waals surface area contributed by atoms with Gasteiger partial charge in [-0.2, -0.15) is 0 Å². The van der Waals surface area contributed by atoms with Crippen LogP contribution < -0.4 is 20.7 Å². The number of hydrogen-bond donors (Lipinski definition) is 3. The van der Waals surface area contributed by atoms with Gasteiger partial charge in [0.15, 0.2) is 0 Å². The van der Waals surface area contributed by atoms with E-state index < -0.39 is 0 Å². The molecule has 1 aliphatic heterocycles. The summed E-state index contributed by atoms with van der Waals surface area (Å²) >= 11 is 7.85. The minimum absolute atomic E-state index is 0.245. The molecule has 2 aromatic rings. The van der Waals surface area contributed by atoms with Crippen molar-refractivity contribution in [2.24, 2.45) is 5.92 Å². The lowest BCUT2D eigenvalue weighted by Crippen LogP contribution is -2.47. The summed E-state index contributed by atoms with van der Waals surface area (Å²) in [5.74, 6) is 4.82. The molecule has 33 heavy (non-hydrogen) atoms. The molecule has 2 fully saturated rings. The Labute approximate surface area is 208 Å². The largest absolute Gasteiger partial charge is 0.457 e. The number of benzene rings is 2. The van der Waals surface area contributed by atoms with Gasteiger partial charge in [0.2, 0.25) is 0 Å². The van der Waals surface area contributed by atoms with E-state index in [9.17, 15) is 0 Å². The number of thioether (sulfide) groups is 1. The van der Waals surface area contributed by atoms with Crippen LogP contribution in [-0.2, 0) is 6.54 Å². The second kappa shape index (κ2) is 13.3. The van der Waals surface area contributed by atoms with Crippen molar-refractivity contribution in [3.63, 3.8) is 0 Å². The average molecular weight is 484 g/mol. The van der Waals surface area contributed by atoms with Crippen LogP contribution in [0, 0.1) is 5.92 Å². The molecule has 0 unspecified atom stereocenters. The smallest absolute Gasteiger partial charge is 0.127 e. The van der Waals surface area contributed by atoms with E-state index in [1.54, 1.807) is 0 Å². The summed E-state index contributed by atoms with van der Waals surface area (Å²) in [5, 5.41) is 10.9. The van der Waals surface area contributed by atoms with Crippen LogP contribution in [0.25, 0.3) is 0 Å². The molecule has 4 nitrogen and oxygen atoms in total. The van der Waals surface area contributed by atoms with Gasteiger partial charge in [-0.05, 0) is 48.6 Å². The lowest BCUT2D eigenvalue weighted by molar-refractivity contribution is 0.323. The van der Waals surface area contributed by atoms with Gasteiger partial charge in [-0.1, -0.05) is 74.7 Å². The van der Waals surface area contributed by atoms with Crippen molar-refractivity contribution < 1.29 is 4.74 Å². The normalized spacial score (nSPS) is 19.8. The van der Waals surface area contributed by atoms with Crippen molar-refractivity contribution in [2.75, 3.05) is 18.2 Å². The molecule has 178 valence electrons. The Hall–Kier alpha value is -1.60. The highest BCUT2D eigenvalue weighted by Gasteiger charge is 2.21. The van der Waals surface area contributed by atoms with E-state index in [4.69, 9.17) is 17.0 Å². The second-order valence-corrected chi connectivity index (χ2v) is 10.7. The maximum Gasteiger partial charge on any atom is 0.127 e. The molecule has 2 aliphatic rings. The van der Waals surface area contributed by atoms with Crippen LogP contribution in [0.4, 0.5) is 0 Å². The van der Waals surface area contributed by atoms with Crippen LogP contribution in [0.1, 0.15) is 50.5 Å². The van der Waals surface area contributed by atoms with Crippen molar-refractivity contribution in [2.45, 2.75) is 63.6 Å². The van der Waals surface area contributed by atoms with Crippen molar-refractivity contribution in [1.29, 1.82) is 0 Å². The maximum absolute atomic E-state index is 5.90. The molecule has 0 spiro atoms. The topological polar surface area (TPSA) is 45.3 Å². The third kappa shape index (κ3) is 8.29. The Kier molecular flexibility index (Phi) is 9.90. The molecule has 1 saturated heterocycles. The fourth-order valence-corrected chi connectivity index (χ4v) is 5.93. The van der Waals surface area contributed by atoms with Gasteiger partial charge in [0.1, 0.15) is 11.5 Å². The summed E-state index contributed by atoms with van der Waals surface area (Å²) in [4.78, 5) is 0.945. The zero-order valence-electron chi connectivity index (χ0n) is 19.4. The predicted octanol–water partition coefficient (Wildman–Crippen LogP) is 5.88. The highest BCUT2D eigenvalue weighted by Crippen LogP contribution is 2.28. The van der Waals surface area contributed by atoms with Crippen molar-refractivity contribution in [3.05, 3.63) is 60.2 Å². The molecular formula is C27H37N3OS2. The molecule has 0 bridgehead atoms. The van der Waals surface area contributed by atoms with E-state index in [0.29, 0.717) is 6.04 Å². The summed E-state index contributed by atoms with van der Waals surface area (Å²) < 4.78 is 5.90. The van der Waals surface area contributed by atoms with E-state index in [1.807, 2.05) is 54.2 Å². The molecule has 0 amide bonds. The van der Waals surface area contributed by atoms with Crippen molar-refractivity contribution >= 4 is 29.0 Å². The number of rotatable bonds is 11. The number of thiocarbonyl (C=S) groups is 1. The maximum atomic E-state index is 5.90. The Balaban J connectivity index is 1.27. The fourth-order valence-electron chi connectivity index (χ4n) is 4.67. The molecule has 1 heterocycles. The average Bonchev–Trinajstić information content (AvgIpc) is 3.38. The molecular weight excluding hydrogens is 446 g/mol. The first-order valence-electron chi connectivity index (χ1n) is 12.4. The first-order chi connectivity index (χ1) is 16.3. The van der Waals surface area contributed by atoms with Crippen LogP contribution in [0.15, 0.2) is 54.6 Å². The van der Waals surface area contributed by atoms with Crippen LogP contribution in [0.2, 0.25) is 0 Å². The van der Waals surface area contributed by atoms with Crippen LogP contribution in [0.5, 0.6) is 11.5 Å². The van der Waals surface area contributed by atoms with E-state index in [0.717, 1.165) is 47.8 Å². The quantitative estimate of drug-likeness (QED) is 0.347. The molecule has 0 radical (unpaired) electrons. The first kappa shape index (κ1) is 24.5. The summed E-state index contributed by atoms with van der Waals surface area (Å²) in [6.07, 6.45) is 9.41. The highest BCUT2D eigenvalue weighted by atomic mass is 32.2. The number of hydrogen-bond acceptors (Lipinski definition) is 5. The van der Waals surface area contributed by atoms with Gasteiger partial charge in [0.25, 0.3) is 0 Å². The molecule has 0 aromatic heterocycles. The first-order valence-corrected chi connectivity index (χ1v) is 14.0. The third-order valence-corrected chi connectivity index (χ3v) is 8.12. The molecule has 3 N–H and O–H groups in total. The summed E-state index contributed by atoms with van der Waals surface area (Å²) in [6.45, 7) is 1.72. The highest BCUT2D eigenvalue weighted by molar-refractivity contribution is 7.99. The summed E-state index contributed by atoms with van der Waals surface area (Å²) in [5.41, 5.74) is 1.21. The standard InChI is InChI=1S/C27H37N3OS2/c32-27(29-17-22-11-14-25(15-12-22)31-24-9-5-2-6-10-24)26(28-18-23-19-33-20-30-23)16-13-21-7-3-1-4-8-21/h2,5-6,9-12,14-15,21,23,26,28,30H,1,3-4,7-8,13,16-20H2,(H,29,32)/t23-,26-/m1/s1. The van der Waals surface area contributed by atoms with E-state index >= 15 is 0 Å². The molecule has 2 atom stereocenters.